The number of imidazole rings is 1. The topological polar surface area (TPSA) is 119 Å². The molecule has 0 saturated carbocycles. The van der Waals surface area contributed by atoms with E-state index >= 15 is 0 Å². The van der Waals surface area contributed by atoms with Gasteiger partial charge in [-0.25, -0.2) is 22.9 Å². The number of rotatable bonds is 11. The molecular formula is C32H33F3N6O5. The Bertz CT molecular complexity index is 1850. The van der Waals surface area contributed by atoms with Crippen LogP contribution in [-0.4, -0.2) is 76.1 Å². The van der Waals surface area contributed by atoms with Crippen LogP contribution in [0.15, 0.2) is 71.7 Å². The maximum atomic E-state index is 14.6. The maximum absolute atomic E-state index is 14.6. The molecule has 1 atom stereocenters. The van der Waals surface area contributed by atoms with E-state index in [0.29, 0.717) is 5.52 Å². The summed E-state index contributed by atoms with van der Waals surface area (Å²) in [7, 11) is 6.09. The average molecular weight is 639 g/mol. The van der Waals surface area contributed by atoms with Crippen LogP contribution in [0.25, 0.3) is 11.0 Å². The summed E-state index contributed by atoms with van der Waals surface area (Å²) in [5.74, 6) is -2.79. The third-order valence-corrected chi connectivity index (χ3v) is 6.92. The van der Waals surface area contributed by atoms with Crippen LogP contribution in [0.2, 0.25) is 0 Å². The van der Waals surface area contributed by atoms with Crippen molar-refractivity contribution in [2.45, 2.75) is 32.0 Å². The Morgan fingerprint density at radius 1 is 0.978 bits per heavy atom. The van der Waals surface area contributed by atoms with Crippen molar-refractivity contribution >= 4 is 34.6 Å². The van der Waals surface area contributed by atoms with Gasteiger partial charge >= 0.3 is 6.09 Å². The highest BCUT2D eigenvalue weighted by atomic mass is 19.1. The molecule has 14 heteroatoms. The molecule has 0 aliphatic carbocycles. The summed E-state index contributed by atoms with van der Waals surface area (Å²) in [6.07, 6.45) is 2.55. The zero-order valence-corrected chi connectivity index (χ0v) is 25.7. The van der Waals surface area contributed by atoms with E-state index in [1.165, 1.54) is 72.2 Å². The van der Waals surface area contributed by atoms with Gasteiger partial charge in [0, 0.05) is 52.1 Å². The number of aromatic nitrogens is 3. The standard InChI is InChI=1S/C32H33F3N6O5/c1-38(2)29(42)10-6-5-9-27(46-32(45)39(3)4)30(43)37-24-8-7-15-40(31(24)44)19-28-36-25-17-22(34)13-14-26(25)41(28)18-20-11-12-21(33)16-23(20)35/h6-8,10-17,27H,5,9,18-19H2,1-4H3,(H,37,43)/b10-6+. The summed E-state index contributed by atoms with van der Waals surface area (Å²) in [5, 5.41) is 2.52. The van der Waals surface area contributed by atoms with Gasteiger partial charge in [0.05, 0.1) is 24.1 Å². The molecule has 3 amide bonds. The number of hydrogen-bond donors (Lipinski definition) is 1. The van der Waals surface area contributed by atoms with Crippen molar-refractivity contribution in [3.63, 3.8) is 0 Å². The van der Waals surface area contributed by atoms with Gasteiger partial charge in [-0.15, -0.1) is 0 Å². The van der Waals surface area contributed by atoms with Gasteiger partial charge in [0.25, 0.3) is 11.5 Å². The summed E-state index contributed by atoms with van der Waals surface area (Å²) in [4.78, 5) is 57.8. The van der Waals surface area contributed by atoms with Crippen LogP contribution in [0.4, 0.5) is 23.7 Å². The fourth-order valence-corrected chi connectivity index (χ4v) is 4.44. The zero-order chi connectivity index (χ0) is 33.5. The number of anilines is 1. The largest absolute Gasteiger partial charge is 0.436 e. The van der Waals surface area contributed by atoms with E-state index in [4.69, 9.17) is 4.74 Å². The Balaban J connectivity index is 1.60. The Hall–Kier alpha value is -5.40. The minimum absolute atomic E-state index is 0.0319. The second-order valence-corrected chi connectivity index (χ2v) is 10.8. The van der Waals surface area contributed by atoms with Crippen molar-refractivity contribution in [2.75, 3.05) is 33.5 Å². The number of carbonyl (C=O) groups is 3. The number of pyridine rings is 1. The summed E-state index contributed by atoms with van der Waals surface area (Å²) in [5.41, 5.74) is 0.142. The van der Waals surface area contributed by atoms with E-state index in [1.807, 2.05) is 0 Å². The molecule has 1 N–H and O–H groups in total. The Morgan fingerprint density at radius 3 is 2.39 bits per heavy atom. The molecule has 242 valence electrons. The van der Waals surface area contributed by atoms with Gasteiger partial charge in [-0.1, -0.05) is 12.1 Å². The van der Waals surface area contributed by atoms with E-state index in [0.717, 1.165) is 17.0 Å². The molecule has 2 aromatic carbocycles. The highest BCUT2D eigenvalue weighted by Crippen LogP contribution is 2.22. The number of amides is 3. The van der Waals surface area contributed by atoms with Crippen LogP contribution in [0.3, 0.4) is 0 Å². The number of fused-ring (bicyclic) bond motifs is 1. The van der Waals surface area contributed by atoms with E-state index in [9.17, 15) is 32.3 Å². The molecule has 11 nitrogen and oxygen atoms in total. The lowest BCUT2D eigenvalue weighted by molar-refractivity contribution is -0.125. The van der Waals surface area contributed by atoms with Gasteiger partial charge in [-0.3, -0.25) is 14.4 Å². The number of nitrogens with zero attached hydrogens (tertiary/aromatic N) is 5. The van der Waals surface area contributed by atoms with Crippen molar-refractivity contribution in [1.82, 2.24) is 23.9 Å². The molecule has 4 rings (SSSR count). The number of carbonyl (C=O) groups excluding carboxylic acids is 3. The molecule has 4 aromatic rings. The number of benzene rings is 2. The monoisotopic (exact) mass is 638 g/mol. The highest BCUT2D eigenvalue weighted by molar-refractivity contribution is 5.95. The van der Waals surface area contributed by atoms with Crippen molar-refractivity contribution < 1.29 is 32.3 Å². The molecule has 0 fully saturated rings. The summed E-state index contributed by atoms with van der Waals surface area (Å²) in [6, 6.07) is 9.97. The molecule has 2 heterocycles. The van der Waals surface area contributed by atoms with Gasteiger partial charge < -0.3 is 29.0 Å². The second-order valence-electron chi connectivity index (χ2n) is 10.8. The van der Waals surface area contributed by atoms with Crippen LogP contribution < -0.4 is 10.9 Å². The zero-order valence-electron chi connectivity index (χ0n) is 25.7. The number of halogens is 3. The quantitative estimate of drug-likeness (QED) is 0.247. The number of nitrogens with one attached hydrogen (secondary N) is 1. The van der Waals surface area contributed by atoms with E-state index < -0.39 is 41.1 Å². The predicted octanol–water partition coefficient (Wildman–Crippen LogP) is 4.14. The molecule has 0 bridgehead atoms. The number of allylic oxidation sites excluding steroid dienone is 1. The van der Waals surface area contributed by atoms with Gasteiger partial charge in [0.2, 0.25) is 5.91 Å². The molecule has 1 unspecified atom stereocenters. The predicted molar refractivity (Wildman–Crippen MR) is 165 cm³/mol. The van der Waals surface area contributed by atoms with Gasteiger partial charge in [-0.2, -0.15) is 0 Å². The minimum Gasteiger partial charge on any atom is -0.436 e. The van der Waals surface area contributed by atoms with E-state index in [2.05, 4.69) is 10.3 Å². The maximum Gasteiger partial charge on any atom is 0.410 e. The summed E-state index contributed by atoms with van der Waals surface area (Å²) in [6.45, 7) is -0.229. The van der Waals surface area contributed by atoms with Crippen LogP contribution in [0.1, 0.15) is 24.2 Å². The highest BCUT2D eigenvalue weighted by Gasteiger charge is 2.25. The fraction of sp³-hybridized carbons (Fsp3) is 0.281. The fourth-order valence-electron chi connectivity index (χ4n) is 4.44. The van der Waals surface area contributed by atoms with Crippen molar-refractivity contribution in [2.24, 2.45) is 0 Å². The Kier molecular flexibility index (Phi) is 10.6. The lowest BCUT2D eigenvalue weighted by atomic mass is 10.1. The molecule has 0 saturated heterocycles. The lowest BCUT2D eigenvalue weighted by Gasteiger charge is -2.20. The minimum atomic E-state index is -1.29. The molecule has 2 aromatic heterocycles. The summed E-state index contributed by atoms with van der Waals surface area (Å²) < 4.78 is 50.3. The van der Waals surface area contributed by atoms with Crippen molar-refractivity contribution in [3.8, 4) is 0 Å². The molecule has 0 aliphatic rings. The lowest BCUT2D eigenvalue weighted by Crippen LogP contribution is -2.37. The molecular weight excluding hydrogens is 605 g/mol. The third kappa shape index (κ3) is 8.20. The second kappa shape index (κ2) is 14.6. The van der Waals surface area contributed by atoms with Crippen LogP contribution in [0.5, 0.6) is 0 Å². The Labute approximate surface area is 262 Å². The average Bonchev–Trinajstić information content (AvgIpc) is 3.32. The van der Waals surface area contributed by atoms with Crippen LogP contribution in [0, 0.1) is 17.5 Å². The molecule has 0 aliphatic heterocycles. The molecule has 46 heavy (non-hydrogen) atoms. The van der Waals surface area contributed by atoms with Crippen LogP contribution in [-0.2, 0) is 27.4 Å². The first kappa shape index (κ1) is 33.5. The first-order valence-electron chi connectivity index (χ1n) is 14.2. The number of ether oxygens (including phenoxy) is 1. The SMILES string of the molecule is CN(C)C(=O)/C=C/CCC(OC(=O)N(C)C)C(=O)Nc1cccn(Cc2nc3cc(F)ccc3n2Cc2ccc(F)cc2F)c1=O. The van der Waals surface area contributed by atoms with E-state index in [1.54, 1.807) is 24.7 Å². The van der Waals surface area contributed by atoms with Crippen molar-refractivity contribution in [1.29, 1.82) is 0 Å². The summed E-state index contributed by atoms with van der Waals surface area (Å²) >= 11 is 0. The van der Waals surface area contributed by atoms with Gasteiger partial charge in [0.1, 0.15) is 29.0 Å². The first-order chi connectivity index (χ1) is 21.8. The number of hydrogen-bond acceptors (Lipinski definition) is 6. The van der Waals surface area contributed by atoms with Gasteiger partial charge in [-0.05, 0) is 49.2 Å². The smallest absolute Gasteiger partial charge is 0.410 e. The molecule has 0 radical (unpaired) electrons. The third-order valence-electron chi connectivity index (χ3n) is 6.92. The van der Waals surface area contributed by atoms with Gasteiger partial charge in [0.15, 0.2) is 6.10 Å². The number of likely N-dealkylation sites (N-methyl/N-ethyl adjacent to an activating group) is 1. The Morgan fingerprint density at radius 2 is 1.70 bits per heavy atom. The van der Waals surface area contributed by atoms with E-state index in [-0.39, 0.29) is 54.4 Å². The van der Waals surface area contributed by atoms with Crippen molar-refractivity contribution in [3.05, 3.63) is 106 Å². The molecule has 0 spiro atoms. The van der Waals surface area contributed by atoms with Crippen LogP contribution >= 0.6 is 0 Å². The normalized spacial score (nSPS) is 11.9. The first-order valence-corrected chi connectivity index (χ1v) is 14.2.